The minimum Gasteiger partial charge on any atom is -0.480 e. The third-order valence-electron chi connectivity index (χ3n) is 3.81. The lowest BCUT2D eigenvalue weighted by Crippen LogP contribution is -2.47. The third kappa shape index (κ3) is 2.62. The van der Waals surface area contributed by atoms with E-state index in [2.05, 4.69) is 4.98 Å². The van der Waals surface area contributed by atoms with Crippen molar-refractivity contribution >= 4 is 37.5 Å². The maximum Gasteiger partial charge on any atom is 0.322 e. The molecule has 1 aliphatic heterocycles. The minimum atomic E-state index is -3.81. The number of benzene rings is 1. The number of aryl methyl sites for hydroxylation is 1. The fourth-order valence-electron chi connectivity index (χ4n) is 2.76. The monoisotopic (exact) mass is 340 g/mol. The topological polar surface area (TPSA) is 87.6 Å². The van der Waals surface area contributed by atoms with Gasteiger partial charge in [0.05, 0.1) is 20.1 Å². The van der Waals surface area contributed by atoms with Gasteiger partial charge in [0, 0.05) is 6.54 Å². The molecule has 3 rings (SSSR count). The smallest absolute Gasteiger partial charge is 0.322 e. The van der Waals surface area contributed by atoms with Crippen LogP contribution in [0.5, 0.6) is 0 Å². The van der Waals surface area contributed by atoms with Gasteiger partial charge in [-0.3, -0.25) is 4.79 Å². The van der Waals surface area contributed by atoms with Crippen LogP contribution in [0.15, 0.2) is 23.1 Å². The molecule has 1 atom stereocenters. The van der Waals surface area contributed by atoms with Crippen LogP contribution < -0.4 is 0 Å². The molecule has 1 aromatic heterocycles. The van der Waals surface area contributed by atoms with Crippen LogP contribution in [0.1, 0.15) is 24.3 Å². The van der Waals surface area contributed by atoms with Crippen LogP contribution in [0.25, 0.3) is 10.2 Å². The van der Waals surface area contributed by atoms with Crippen LogP contribution >= 0.6 is 11.3 Å². The van der Waals surface area contributed by atoms with E-state index in [9.17, 15) is 18.3 Å². The number of hydrogen-bond acceptors (Lipinski definition) is 5. The predicted molar refractivity (Wildman–Crippen MR) is 83.5 cm³/mol. The van der Waals surface area contributed by atoms with Crippen molar-refractivity contribution in [3.8, 4) is 0 Å². The predicted octanol–water partition coefficient (Wildman–Crippen LogP) is 2.23. The summed E-state index contributed by atoms with van der Waals surface area (Å²) in [6.07, 6.45) is 1.78. The fraction of sp³-hybridized carbons (Fsp3) is 0.429. The summed E-state index contributed by atoms with van der Waals surface area (Å²) in [5.41, 5.74) is 0.759. The van der Waals surface area contributed by atoms with Crippen molar-refractivity contribution in [2.75, 3.05) is 6.54 Å². The molecule has 0 amide bonds. The van der Waals surface area contributed by atoms with E-state index in [-0.39, 0.29) is 11.4 Å². The highest BCUT2D eigenvalue weighted by molar-refractivity contribution is 7.89. The average molecular weight is 340 g/mol. The van der Waals surface area contributed by atoms with Crippen LogP contribution in [0.4, 0.5) is 0 Å². The first-order valence-electron chi connectivity index (χ1n) is 7.01. The molecule has 0 spiro atoms. The van der Waals surface area contributed by atoms with Crippen molar-refractivity contribution in [1.29, 1.82) is 0 Å². The molecular formula is C14H16N2O4S2. The van der Waals surface area contributed by atoms with E-state index in [1.807, 2.05) is 6.92 Å². The largest absolute Gasteiger partial charge is 0.480 e. The molecule has 1 fully saturated rings. The van der Waals surface area contributed by atoms with Gasteiger partial charge >= 0.3 is 5.97 Å². The van der Waals surface area contributed by atoms with Crippen LogP contribution in [0.3, 0.4) is 0 Å². The number of piperidine rings is 1. The van der Waals surface area contributed by atoms with E-state index >= 15 is 0 Å². The van der Waals surface area contributed by atoms with Crippen molar-refractivity contribution in [1.82, 2.24) is 9.29 Å². The summed E-state index contributed by atoms with van der Waals surface area (Å²) in [7, 11) is -3.81. The van der Waals surface area contributed by atoms with Crippen LogP contribution in [-0.4, -0.2) is 41.4 Å². The van der Waals surface area contributed by atoms with Crippen molar-refractivity contribution < 1.29 is 18.3 Å². The number of nitrogens with zero attached hydrogens (tertiary/aromatic N) is 2. The summed E-state index contributed by atoms with van der Waals surface area (Å²) in [6.45, 7) is 2.11. The quantitative estimate of drug-likeness (QED) is 0.926. The Morgan fingerprint density at radius 3 is 2.91 bits per heavy atom. The fourth-order valence-corrected chi connectivity index (χ4v) is 5.37. The number of rotatable bonds is 3. The van der Waals surface area contributed by atoms with E-state index in [4.69, 9.17) is 0 Å². The standard InChI is InChI=1S/C14H16N2O4S2/c1-9-15-11-6-5-10(8-13(11)21-9)22(19,20)16-7-3-2-4-12(16)14(17)18/h5-6,8,12H,2-4,7H2,1H3,(H,17,18). The summed E-state index contributed by atoms with van der Waals surface area (Å²) in [4.78, 5) is 15.8. The SMILES string of the molecule is Cc1nc2ccc(S(=O)(=O)N3CCCCC3C(=O)O)cc2s1. The molecule has 1 saturated heterocycles. The number of aromatic nitrogens is 1. The van der Waals surface area contributed by atoms with Crippen molar-refractivity contribution in [2.45, 2.75) is 37.1 Å². The summed E-state index contributed by atoms with van der Waals surface area (Å²) in [5, 5.41) is 10.1. The Morgan fingerprint density at radius 1 is 1.41 bits per heavy atom. The van der Waals surface area contributed by atoms with Gasteiger partial charge in [0.2, 0.25) is 10.0 Å². The lowest BCUT2D eigenvalue weighted by Gasteiger charge is -2.31. The molecule has 0 aliphatic carbocycles. The second-order valence-corrected chi connectivity index (χ2v) is 8.45. The molecule has 118 valence electrons. The Morgan fingerprint density at radius 2 is 2.18 bits per heavy atom. The van der Waals surface area contributed by atoms with Gasteiger partial charge in [-0.1, -0.05) is 0 Å². The summed E-state index contributed by atoms with van der Waals surface area (Å²) >= 11 is 1.43. The Kier molecular flexibility index (Phi) is 3.92. The van der Waals surface area contributed by atoms with Gasteiger partial charge in [-0.15, -0.1) is 11.3 Å². The van der Waals surface area contributed by atoms with Gasteiger partial charge in [0.1, 0.15) is 6.04 Å². The normalized spacial score (nSPS) is 20.3. The molecule has 0 saturated carbocycles. The number of aliphatic carboxylic acids is 1. The molecular weight excluding hydrogens is 324 g/mol. The number of fused-ring (bicyclic) bond motifs is 1. The number of thiazole rings is 1. The zero-order valence-electron chi connectivity index (χ0n) is 12.0. The van der Waals surface area contributed by atoms with Gasteiger partial charge < -0.3 is 5.11 Å². The zero-order valence-corrected chi connectivity index (χ0v) is 13.7. The summed E-state index contributed by atoms with van der Waals surface area (Å²) in [5.74, 6) is -1.09. The Hall–Kier alpha value is -1.51. The van der Waals surface area contributed by atoms with Crippen molar-refractivity contribution in [3.63, 3.8) is 0 Å². The highest BCUT2D eigenvalue weighted by Gasteiger charge is 2.37. The van der Waals surface area contributed by atoms with Crippen LogP contribution in [-0.2, 0) is 14.8 Å². The maximum absolute atomic E-state index is 12.8. The molecule has 1 aromatic carbocycles. The van der Waals surface area contributed by atoms with E-state index in [0.29, 0.717) is 12.8 Å². The van der Waals surface area contributed by atoms with Gasteiger partial charge in [-0.25, -0.2) is 13.4 Å². The number of carboxylic acids is 1. The molecule has 2 heterocycles. The minimum absolute atomic E-state index is 0.136. The van der Waals surface area contributed by atoms with Gasteiger partial charge in [0.25, 0.3) is 0 Å². The van der Waals surface area contributed by atoms with Gasteiger partial charge in [0.15, 0.2) is 0 Å². The number of carbonyl (C=O) groups is 1. The number of carboxylic acid groups (broad SMARTS) is 1. The molecule has 22 heavy (non-hydrogen) atoms. The van der Waals surface area contributed by atoms with Gasteiger partial charge in [-0.05, 0) is 44.4 Å². The highest BCUT2D eigenvalue weighted by Crippen LogP contribution is 2.29. The van der Waals surface area contributed by atoms with E-state index < -0.39 is 22.0 Å². The third-order valence-corrected chi connectivity index (χ3v) is 6.65. The molecule has 8 heteroatoms. The molecule has 2 aromatic rings. The first-order chi connectivity index (χ1) is 10.4. The van der Waals surface area contributed by atoms with Crippen molar-refractivity contribution in [3.05, 3.63) is 23.2 Å². The average Bonchev–Trinajstić information content (AvgIpc) is 2.86. The Bertz CT molecular complexity index is 828. The Labute approximate surface area is 132 Å². The maximum atomic E-state index is 12.8. The molecule has 0 radical (unpaired) electrons. The highest BCUT2D eigenvalue weighted by atomic mass is 32.2. The zero-order chi connectivity index (χ0) is 15.9. The first-order valence-corrected chi connectivity index (χ1v) is 9.27. The molecule has 0 bridgehead atoms. The first kappa shape index (κ1) is 15.4. The summed E-state index contributed by atoms with van der Waals surface area (Å²) in [6, 6.07) is 3.79. The molecule has 1 N–H and O–H groups in total. The number of hydrogen-bond donors (Lipinski definition) is 1. The molecule has 1 unspecified atom stereocenters. The lowest BCUT2D eigenvalue weighted by molar-refractivity contribution is -0.142. The van der Waals surface area contributed by atoms with E-state index in [1.54, 1.807) is 12.1 Å². The molecule has 1 aliphatic rings. The number of sulfonamides is 1. The Balaban J connectivity index is 2.04. The van der Waals surface area contributed by atoms with Crippen molar-refractivity contribution in [2.24, 2.45) is 0 Å². The summed E-state index contributed by atoms with van der Waals surface area (Å²) < 4.78 is 27.5. The van der Waals surface area contributed by atoms with Crippen LogP contribution in [0, 0.1) is 6.92 Å². The van der Waals surface area contributed by atoms with Gasteiger partial charge in [-0.2, -0.15) is 4.31 Å². The van der Waals surface area contributed by atoms with E-state index in [1.165, 1.54) is 17.4 Å². The second kappa shape index (κ2) is 5.60. The second-order valence-electron chi connectivity index (χ2n) is 5.33. The van der Waals surface area contributed by atoms with Crippen LogP contribution in [0.2, 0.25) is 0 Å². The lowest BCUT2D eigenvalue weighted by atomic mass is 10.1. The van der Waals surface area contributed by atoms with E-state index in [0.717, 1.165) is 26.0 Å². The molecule has 6 nitrogen and oxygen atoms in total.